The number of benzene rings is 3. The summed E-state index contributed by atoms with van der Waals surface area (Å²) in [5.74, 6) is -10.1. The molecule has 460 valence electrons. The molecule has 3 fully saturated rings. The SMILES string of the molecule is CC(=O)OC[C@H]1O[C@H](O[C@]2(CCl)O[C@H](Cn3cc(CO[C@H]4OC(n5cc(CCCO)nn5)[C@@H](OC(=O)c5ccccc5)[C@H](OC(=O)c5ccccc5)[C@@H]4OC(=O)c4ccccc4)nn3)[C@@H](OC(C)=O)[C@@H]2OC(C)=O)[C@H](OC(C)=O)[C@@H](OC(C)=O)[C@H]1Cl. The average molecular weight is 1240 g/mol. The highest BCUT2D eigenvalue weighted by Crippen LogP contribution is 2.43. The lowest BCUT2D eigenvalue weighted by Crippen LogP contribution is -2.63. The maximum absolute atomic E-state index is 14.2. The minimum Gasteiger partial charge on any atom is -0.463 e. The Kier molecular flexibility index (Phi) is 21.9. The lowest BCUT2D eigenvalue weighted by atomic mass is 10.0. The first kappa shape index (κ1) is 64.0. The number of hydrogen-bond acceptors (Lipinski definition) is 26. The Morgan fingerprint density at radius 3 is 1.65 bits per heavy atom. The van der Waals surface area contributed by atoms with E-state index in [9.17, 15) is 43.5 Å². The molecule has 5 aromatic rings. The van der Waals surface area contributed by atoms with Gasteiger partial charge in [-0.15, -0.1) is 33.4 Å². The van der Waals surface area contributed by atoms with Gasteiger partial charge in [-0.2, -0.15) is 0 Å². The van der Waals surface area contributed by atoms with Crippen molar-refractivity contribution in [1.82, 2.24) is 30.0 Å². The molecule has 1 unspecified atom stereocenters. The van der Waals surface area contributed by atoms with Gasteiger partial charge in [-0.1, -0.05) is 65.0 Å². The van der Waals surface area contributed by atoms with E-state index in [-0.39, 0.29) is 42.0 Å². The fourth-order valence-electron chi connectivity index (χ4n) is 9.49. The minimum atomic E-state index is -2.36. The molecule has 0 saturated carbocycles. The van der Waals surface area contributed by atoms with Crippen LogP contribution in [0, 0.1) is 0 Å². The molecule has 0 aliphatic carbocycles. The number of ether oxygens (including phenoxy) is 13. The number of aryl methyl sites for hydroxylation is 1. The lowest BCUT2D eigenvalue weighted by Gasteiger charge is -2.45. The predicted octanol–water partition coefficient (Wildman–Crippen LogP) is 3.52. The average Bonchev–Trinajstić information content (AvgIpc) is 2.04. The summed E-state index contributed by atoms with van der Waals surface area (Å²) in [7, 11) is 0. The predicted molar refractivity (Wildman–Crippen MR) is 288 cm³/mol. The number of rotatable bonds is 24. The van der Waals surface area contributed by atoms with E-state index in [1.54, 1.807) is 54.6 Å². The van der Waals surface area contributed by atoms with Crippen molar-refractivity contribution in [3.05, 3.63) is 131 Å². The summed E-state index contributed by atoms with van der Waals surface area (Å²) in [6, 6.07) is 23.6. The molecule has 0 spiro atoms. The monoisotopic (exact) mass is 1240 g/mol. The molecular weight excluding hydrogens is 1180 g/mol. The van der Waals surface area contributed by atoms with Gasteiger partial charge < -0.3 is 66.7 Å². The van der Waals surface area contributed by atoms with Crippen molar-refractivity contribution in [2.45, 2.75) is 146 Å². The fourth-order valence-corrected chi connectivity index (χ4v) is 10.1. The molecule has 0 radical (unpaired) electrons. The highest BCUT2D eigenvalue weighted by molar-refractivity contribution is 6.21. The van der Waals surface area contributed by atoms with E-state index in [0.29, 0.717) is 12.1 Å². The highest BCUT2D eigenvalue weighted by Gasteiger charge is 2.64. The first-order valence-electron chi connectivity index (χ1n) is 26.7. The molecule has 3 aliphatic rings. The standard InChI is InChI=1S/C56H60Cl2N6O22/c1-30(66)74-28-41-42(58)44(77-32(3)68)47(78-33(4)69)55(80-41)86-56(29-57)49(79-34(5)70)43(76-31(2)67)40(85-56)26-63-24-39(60-61-63)27-75-54-48(83-53(73)37-20-13-8-14-21-37)45(81-51(71)35-16-9-6-10-17-35)46(82-52(72)36-18-11-7-12-19-36)50(84-54)64-25-38(59-62-64)22-15-23-65/h6-14,16-21,24-25,40-50,54-55,65H,15,22-23,26-29H2,1-5H3/t40-,41-,42+,43-,44+,45+,46+,47-,48+,49+,50?,54+,55-,56+/m1/s1. The van der Waals surface area contributed by atoms with E-state index in [4.69, 9.17) is 84.8 Å². The number of carbonyl (C=O) groups excluding carboxylic acids is 8. The molecule has 28 nitrogen and oxygen atoms in total. The summed E-state index contributed by atoms with van der Waals surface area (Å²) >= 11 is 13.4. The van der Waals surface area contributed by atoms with Crippen LogP contribution in [0.5, 0.6) is 0 Å². The number of halogens is 2. The van der Waals surface area contributed by atoms with Crippen LogP contribution >= 0.6 is 23.2 Å². The Bertz CT molecular complexity index is 3160. The summed E-state index contributed by atoms with van der Waals surface area (Å²) in [5.41, 5.74) is 0.701. The second-order valence-electron chi connectivity index (χ2n) is 19.6. The smallest absolute Gasteiger partial charge is 0.338 e. The maximum Gasteiger partial charge on any atom is 0.338 e. The fraction of sp³-hybridized carbons (Fsp3) is 0.464. The lowest BCUT2D eigenvalue weighted by molar-refractivity contribution is -0.359. The number of aliphatic hydroxyl groups is 1. The van der Waals surface area contributed by atoms with Crippen molar-refractivity contribution in [2.75, 3.05) is 19.1 Å². The quantitative estimate of drug-likeness (QED) is 0.0524. The molecule has 86 heavy (non-hydrogen) atoms. The molecule has 30 heteroatoms. The number of alkyl halides is 2. The third-order valence-electron chi connectivity index (χ3n) is 13.2. The van der Waals surface area contributed by atoms with Crippen LogP contribution in [0.1, 0.15) is 89.7 Å². The topological polar surface area (TPSA) is 338 Å². The molecule has 1 N–H and O–H groups in total. The Morgan fingerprint density at radius 1 is 0.581 bits per heavy atom. The van der Waals surface area contributed by atoms with E-state index in [2.05, 4.69) is 20.6 Å². The summed E-state index contributed by atoms with van der Waals surface area (Å²) in [4.78, 5) is 105. The van der Waals surface area contributed by atoms with Crippen LogP contribution in [0.4, 0.5) is 0 Å². The highest BCUT2D eigenvalue weighted by atomic mass is 35.5. The van der Waals surface area contributed by atoms with Crippen molar-refractivity contribution < 1.29 is 105 Å². The Balaban J connectivity index is 1.13. The van der Waals surface area contributed by atoms with E-state index < -0.39 is 152 Å². The van der Waals surface area contributed by atoms with Gasteiger partial charge in [0, 0.05) is 41.2 Å². The number of hydrogen-bond donors (Lipinski definition) is 1. The largest absolute Gasteiger partial charge is 0.463 e. The van der Waals surface area contributed by atoms with Crippen LogP contribution in [-0.2, 0) is 105 Å². The van der Waals surface area contributed by atoms with E-state index in [1.807, 2.05) is 0 Å². The van der Waals surface area contributed by atoms with Crippen LogP contribution in [-0.4, -0.2) is 181 Å². The zero-order valence-electron chi connectivity index (χ0n) is 46.7. The summed E-state index contributed by atoms with van der Waals surface area (Å²) in [5, 5.41) is 25.3. The van der Waals surface area contributed by atoms with Crippen molar-refractivity contribution in [2.24, 2.45) is 0 Å². The molecule has 0 amide bonds. The Hall–Kier alpha value is -7.96. The van der Waals surface area contributed by atoms with Gasteiger partial charge in [-0.25, -0.2) is 23.7 Å². The second-order valence-corrected chi connectivity index (χ2v) is 20.4. The van der Waals surface area contributed by atoms with Crippen molar-refractivity contribution in [3.63, 3.8) is 0 Å². The number of aromatic nitrogens is 6. The van der Waals surface area contributed by atoms with Gasteiger partial charge in [-0.3, -0.25) is 24.0 Å². The molecular formula is C56H60Cl2N6O22. The molecule has 3 saturated heterocycles. The zero-order chi connectivity index (χ0) is 61.7. The molecule has 3 aliphatic heterocycles. The van der Waals surface area contributed by atoms with Crippen LogP contribution < -0.4 is 0 Å². The van der Waals surface area contributed by atoms with Gasteiger partial charge in [0.2, 0.25) is 18.4 Å². The van der Waals surface area contributed by atoms with Gasteiger partial charge >= 0.3 is 47.8 Å². The molecule has 2 aromatic heterocycles. The van der Waals surface area contributed by atoms with Gasteiger partial charge in [0.1, 0.15) is 29.9 Å². The third kappa shape index (κ3) is 16.1. The minimum absolute atomic E-state index is 0.0602. The molecule has 8 rings (SSSR count). The summed E-state index contributed by atoms with van der Waals surface area (Å²) < 4.78 is 80.7. The second kappa shape index (κ2) is 29.4. The summed E-state index contributed by atoms with van der Waals surface area (Å²) in [6.45, 7) is 3.78. The number of nitrogens with zero attached hydrogens (tertiary/aromatic N) is 6. The van der Waals surface area contributed by atoms with Crippen molar-refractivity contribution >= 4 is 71.0 Å². The molecule has 14 atom stereocenters. The van der Waals surface area contributed by atoms with Gasteiger partial charge in [0.05, 0.1) is 53.8 Å². The van der Waals surface area contributed by atoms with Gasteiger partial charge in [0.25, 0.3) is 0 Å². The number of carbonyl (C=O) groups is 8. The zero-order valence-corrected chi connectivity index (χ0v) is 48.2. The summed E-state index contributed by atoms with van der Waals surface area (Å²) in [6.07, 6.45) is -15.9. The maximum atomic E-state index is 14.2. The molecule has 0 bridgehead atoms. The van der Waals surface area contributed by atoms with Gasteiger partial charge in [-0.05, 0) is 49.2 Å². The van der Waals surface area contributed by atoms with Crippen LogP contribution in [0.2, 0.25) is 0 Å². The molecule has 5 heterocycles. The first-order valence-corrected chi connectivity index (χ1v) is 27.7. The third-order valence-corrected chi connectivity index (χ3v) is 14.1. The number of esters is 8. The van der Waals surface area contributed by atoms with Crippen LogP contribution in [0.15, 0.2) is 103 Å². The number of aliphatic hydroxyl groups excluding tert-OH is 1. The van der Waals surface area contributed by atoms with Crippen LogP contribution in [0.25, 0.3) is 0 Å². The normalized spacial score (nSPS) is 27.0. The Morgan fingerprint density at radius 2 is 1.10 bits per heavy atom. The van der Waals surface area contributed by atoms with Crippen molar-refractivity contribution in [1.29, 1.82) is 0 Å². The van der Waals surface area contributed by atoms with Crippen LogP contribution in [0.3, 0.4) is 0 Å². The molecule has 3 aromatic carbocycles. The first-order chi connectivity index (χ1) is 41.3. The van der Waals surface area contributed by atoms with E-state index in [1.165, 1.54) is 58.2 Å². The van der Waals surface area contributed by atoms with E-state index in [0.717, 1.165) is 34.6 Å². The van der Waals surface area contributed by atoms with Crippen molar-refractivity contribution in [3.8, 4) is 0 Å². The van der Waals surface area contributed by atoms with Gasteiger partial charge in [0.15, 0.2) is 49.0 Å². The Labute approximate surface area is 500 Å². The van der Waals surface area contributed by atoms with E-state index >= 15 is 0 Å².